The van der Waals surface area contributed by atoms with Crippen LogP contribution in [0.2, 0.25) is 0 Å². The zero-order chi connectivity index (χ0) is 12.3. The normalized spacial score (nSPS) is 16.2. The fourth-order valence-corrected chi connectivity index (χ4v) is 2.32. The molecule has 1 aromatic rings. The van der Waals surface area contributed by atoms with Gasteiger partial charge >= 0.3 is 0 Å². The largest absolute Gasteiger partial charge is 0.373 e. The minimum absolute atomic E-state index is 0.105. The first-order valence-corrected chi connectivity index (χ1v) is 6.29. The highest BCUT2D eigenvalue weighted by molar-refractivity contribution is 8.13. The zero-order valence-electron chi connectivity index (χ0n) is 9.47. The highest BCUT2D eigenvalue weighted by Gasteiger charge is 2.26. The van der Waals surface area contributed by atoms with Crippen LogP contribution in [0.5, 0.6) is 0 Å². The van der Waals surface area contributed by atoms with Crippen molar-refractivity contribution in [3.05, 3.63) is 23.9 Å². The number of carbonyl (C=O) groups is 2. The number of hydrogen-bond acceptors (Lipinski definition) is 5. The molecule has 2 rings (SSSR count). The topological polar surface area (TPSA) is 62.3 Å². The van der Waals surface area contributed by atoms with E-state index in [4.69, 9.17) is 0 Å². The zero-order valence-corrected chi connectivity index (χ0v) is 10.3. The minimum Gasteiger partial charge on any atom is -0.373 e. The van der Waals surface area contributed by atoms with E-state index in [2.05, 4.69) is 10.3 Å². The van der Waals surface area contributed by atoms with Gasteiger partial charge in [0.1, 0.15) is 5.82 Å². The minimum atomic E-state index is -0.168. The van der Waals surface area contributed by atoms with E-state index in [0.29, 0.717) is 18.7 Å². The molecule has 1 aliphatic rings. The van der Waals surface area contributed by atoms with Gasteiger partial charge in [-0.2, -0.15) is 0 Å². The second-order valence-electron chi connectivity index (χ2n) is 3.65. The lowest BCUT2D eigenvalue weighted by molar-refractivity contribution is -0.128. The molecule has 1 fully saturated rings. The summed E-state index contributed by atoms with van der Waals surface area (Å²) in [7, 11) is 1.79. The molecule has 5 nitrogen and oxygen atoms in total. The van der Waals surface area contributed by atoms with Crippen molar-refractivity contribution in [1.82, 2.24) is 9.88 Å². The summed E-state index contributed by atoms with van der Waals surface area (Å²) >= 11 is 1.19. The monoisotopic (exact) mass is 251 g/mol. The van der Waals surface area contributed by atoms with E-state index >= 15 is 0 Å². The van der Waals surface area contributed by atoms with Crippen LogP contribution in [0.1, 0.15) is 12.0 Å². The van der Waals surface area contributed by atoms with Gasteiger partial charge in [0.05, 0.1) is 6.54 Å². The van der Waals surface area contributed by atoms with Gasteiger partial charge in [-0.05, 0) is 11.6 Å². The highest BCUT2D eigenvalue weighted by atomic mass is 32.2. The lowest BCUT2D eigenvalue weighted by Gasteiger charge is -2.23. The average Bonchev–Trinajstić information content (AvgIpc) is 2.35. The van der Waals surface area contributed by atoms with Crippen LogP contribution in [0, 0.1) is 0 Å². The Labute approximate surface area is 104 Å². The number of amides is 2. The molecule has 0 aromatic carbocycles. The van der Waals surface area contributed by atoms with Crippen LogP contribution in [0.3, 0.4) is 0 Å². The molecule has 0 saturated carbocycles. The number of thioether (sulfide) groups is 1. The van der Waals surface area contributed by atoms with E-state index in [1.54, 1.807) is 13.2 Å². The number of carbonyl (C=O) groups excluding carboxylic acids is 2. The van der Waals surface area contributed by atoms with Gasteiger partial charge in [0.15, 0.2) is 0 Å². The number of aromatic nitrogens is 1. The van der Waals surface area contributed by atoms with Crippen LogP contribution in [0.25, 0.3) is 0 Å². The maximum Gasteiger partial charge on any atom is 0.288 e. The van der Waals surface area contributed by atoms with Crippen molar-refractivity contribution < 1.29 is 9.59 Å². The van der Waals surface area contributed by atoms with Crippen LogP contribution < -0.4 is 5.32 Å². The van der Waals surface area contributed by atoms with Gasteiger partial charge in [0, 0.05) is 25.4 Å². The molecule has 0 aliphatic carbocycles. The summed E-state index contributed by atoms with van der Waals surface area (Å²) in [6.45, 7) is 0.307. The van der Waals surface area contributed by atoms with E-state index in [9.17, 15) is 9.59 Å². The van der Waals surface area contributed by atoms with Crippen molar-refractivity contribution >= 4 is 28.7 Å². The maximum absolute atomic E-state index is 11.6. The fourth-order valence-electron chi connectivity index (χ4n) is 1.54. The lowest BCUT2D eigenvalue weighted by Crippen LogP contribution is -2.37. The molecular weight excluding hydrogens is 238 g/mol. The quantitative estimate of drug-likeness (QED) is 0.886. The van der Waals surface area contributed by atoms with Crippen LogP contribution in [-0.4, -0.2) is 33.8 Å². The molecule has 6 heteroatoms. The fraction of sp³-hybridized carbons (Fsp3) is 0.364. The van der Waals surface area contributed by atoms with Gasteiger partial charge < -0.3 is 5.32 Å². The Morgan fingerprint density at radius 1 is 1.47 bits per heavy atom. The lowest BCUT2D eigenvalue weighted by atomic mass is 10.2. The summed E-state index contributed by atoms with van der Waals surface area (Å²) in [5, 5.41) is 2.75. The van der Waals surface area contributed by atoms with E-state index in [1.807, 2.05) is 12.1 Å². The molecular formula is C11H13N3O2S. The molecule has 0 radical (unpaired) electrons. The molecule has 0 spiro atoms. The third kappa shape index (κ3) is 2.76. The molecule has 1 aliphatic heterocycles. The van der Waals surface area contributed by atoms with Gasteiger partial charge in [0.25, 0.3) is 5.24 Å². The van der Waals surface area contributed by atoms with E-state index in [0.717, 1.165) is 11.4 Å². The van der Waals surface area contributed by atoms with Gasteiger partial charge in [-0.1, -0.05) is 17.8 Å². The summed E-state index contributed by atoms with van der Waals surface area (Å²) in [5.41, 5.74) is 0.855. The summed E-state index contributed by atoms with van der Waals surface area (Å²) in [6.07, 6.45) is 2.10. The number of pyridine rings is 1. The van der Waals surface area contributed by atoms with Crippen molar-refractivity contribution in [3.63, 3.8) is 0 Å². The Hall–Kier alpha value is -1.56. The van der Waals surface area contributed by atoms with Crippen molar-refractivity contribution in [2.24, 2.45) is 0 Å². The smallest absolute Gasteiger partial charge is 0.288 e. The van der Waals surface area contributed by atoms with Crippen molar-refractivity contribution in [2.45, 2.75) is 13.0 Å². The van der Waals surface area contributed by atoms with Gasteiger partial charge in [0.2, 0.25) is 5.91 Å². The Morgan fingerprint density at radius 2 is 2.29 bits per heavy atom. The van der Waals surface area contributed by atoms with Crippen molar-refractivity contribution in [2.75, 3.05) is 18.1 Å². The summed E-state index contributed by atoms with van der Waals surface area (Å²) in [6, 6.07) is 3.68. The Kier molecular flexibility index (Phi) is 3.63. The maximum atomic E-state index is 11.6. The molecule has 1 saturated heterocycles. The van der Waals surface area contributed by atoms with Crippen LogP contribution >= 0.6 is 11.8 Å². The molecule has 90 valence electrons. The molecule has 2 heterocycles. The number of nitrogens with one attached hydrogen (secondary N) is 1. The SMILES string of the molecule is CNc1ccc(CN2C(=O)CCSC2=O)cn1. The molecule has 17 heavy (non-hydrogen) atoms. The molecule has 0 unspecified atom stereocenters. The first-order valence-electron chi connectivity index (χ1n) is 5.30. The van der Waals surface area contributed by atoms with Crippen molar-refractivity contribution in [3.8, 4) is 0 Å². The highest BCUT2D eigenvalue weighted by Crippen LogP contribution is 2.20. The third-order valence-corrected chi connectivity index (χ3v) is 3.36. The second kappa shape index (κ2) is 5.18. The van der Waals surface area contributed by atoms with E-state index in [1.165, 1.54) is 16.7 Å². The number of anilines is 1. The third-order valence-electron chi connectivity index (χ3n) is 2.48. The first-order chi connectivity index (χ1) is 8.20. The van der Waals surface area contributed by atoms with Crippen molar-refractivity contribution in [1.29, 1.82) is 0 Å². The van der Waals surface area contributed by atoms with Gasteiger partial charge in [-0.15, -0.1) is 0 Å². The number of hydrogen-bond donors (Lipinski definition) is 1. The number of nitrogens with zero attached hydrogens (tertiary/aromatic N) is 2. The predicted octanol–water partition coefficient (Wildman–Crippen LogP) is 1.71. The predicted molar refractivity (Wildman–Crippen MR) is 66.8 cm³/mol. The van der Waals surface area contributed by atoms with Gasteiger partial charge in [-0.25, -0.2) is 4.98 Å². The summed E-state index contributed by atoms with van der Waals surface area (Å²) in [5.74, 6) is 1.25. The molecule has 1 aromatic heterocycles. The summed E-state index contributed by atoms with van der Waals surface area (Å²) < 4.78 is 0. The summed E-state index contributed by atoms with van der Waals surface area (Å²) in [4.78, 5) is 28.6. The first kappa shape index (κ1) is 11.9. The van der Waals surface area contributed by atoms with E-state index < -0.39 is 0 Å². The molecule has 0 bridgehead atoms. The second-order valence-corrected chi connectivity index (χ2v) is 4.69. The average molecular weight is 251 g/mol. The molecule has 2 amide bonds. The number of imide groups is 1. The van der Waals surface area contributed by atoms with Crippen LogP contribution in [0.15, 0.2) is 18.3 Å². The molecule has 1 N–H and O–H groups in total. The van der Waals surface area contributed by atoms with Crippen LogP contribution in [-0.2, 0) is 11.3 Å². The Morgan fingerprint density at radius 3 is 2.88 bits per heavy atom. The Bertz CT molecular complexity index is 417. The standard InChI is InChI=1S/C11H13N3O2S/c1-12-9-3-2-8(6-13-9)7-14-10(15)4-5-17-11(14)16/h2-3,6H,4-5,7H2,1H3,(H,12,13). The molecule has 0 atom stereocenters. The Balaban J connectivity index is 2.08. The van der Waals surface area contributed by atoms with Gasteiger partial charge in [-0.3, -0.25) is 14.5 Å². The van der Waals surface area contributed by atoms with E-state index in [-0.39, 0.29) is 11.1 Å². The number of rotatable bonds is 3. The van der Waals surface area contributed by atoms with Crippen LogP contribution in [0.4, 0.5) is 10.6 Å².